The first kappa shape index (κ1) is 16.9. The number of nitrogens with zero attached hydrogens (tertiary/aromatic N) is 3. The minimum atomic E-state index is -0.0867. The quantitative estimate of drug-likeness (QED) is 0.852. The van der Waals surface area contributed by atoms with Gasteiger partial charge in [-0.3, -0.25) is 4.79 Å². The number of unbranched alkanes of at least 4 members (excludes halogenated alkanes) is 1. The van der Waals surface area contributed by atoms with Crippen molar-refractivity contribution >= 4 is 11.7 Å². The number of carbonyl (C=O) groups is 1. The molecule has 0 bridgehead atoms. The molecule has 0 saturated carbocycles. The molecule has 0 aliphatic carbocycles. The summed E-state index contributed by atoms with van der Waals surface area (Å²) in [6, 6.07) is 8.20. The Morgan fingerprint density at radius 1 is 1.22 bits per heavy atom. The fourth-order valence-electron chi connectivity index (χ4n) is 2.22. The number of hydrogen-bond acceptors (Lipinski definition) is 4. The number of nitrogens with one attached hydrogen (secondary N) is 1. The normalized spacial score (nSPS) is 10.4. The highest BCUT2D eigenvalue weighted by atomic mass is 16.2. The number of anilines is 1. The molecule has 0 aliphatic heterocycles. The van der Waals surface area contributed by atoms with Gasteiger partial charge in [-0.2, -0.15) is 0 Å². The fraction of sp³-hybridized carbons (Fsp3) is 0.389. The summed E-state index contributed by atoms with van der Waals surface area (Å²) in [6.45, 7) is 5.61. The molecule has 5 heteroatoms. The van der Waals surface area contributed by atoms with Gasteiger partial charge in [-0.05, 0) is 24.5 Å². The lowest BCUT2D eigenvalue weighted by Gasteiger charge is -2.16. The molecule has 1 amide bonds. The summed E-state index contributed by atoms with van der Waals surface area (Å²) < 4.78 is 0. The summed E-state index contributed by atoms with van der Waals surface area (Å²) in [4.78, 5) is 22.4. The smallest absolute Gasteiger partial charge is 0.273 e. The van der Waals surface area contributed by atoms with Crippen LogP contribution in [0.3, 0.4) is 0 Å². The number of benzene rings is 1. The molecule has 0 unspecified atom stereocenters. The van der Waals surface area contributed by atoms with Gasteiger partial charge in [-0.15, -0.1) is 0 Å². The van der Waals surface area contributed by atoms with E-state index in [1.165, 1.54) is 17.3 Å². The third-order valence-corrected chi connectivity index (χ3v) is 3.79. The Bertz CT molecular complexity index is 640. The number of aryl methyl sites for hydroxylation is 1. The molecular formula is C18H24N4O. The van der Waals surface area contributed by atoms with Crippen LogP contribution < -0.4 is 5.32 Å². The molecule has 1 N–H and O–H groups in total. The largest absolute Gasteiger partial charge is 0.365 e. The van der Waals surface area contributed by atoms with E-state index in [0.29, 0.717) is 18.1 Å². The highest BCUT2D eigenvalue weighted by Crippen LogP contribution is 2.10. The van der Waals surface area contributed by atoms with Crippen molar-refractivity contribution in [3.63, 3.8) is 0 Å². The van der Waals surface area contributed by atoms with Crippen LogP contribution in [0.15, 0.2) is 36.7 Å². The predicted molar refractivity (Wildman–Crippen MR) is 92.4 cm³/mol. The fourth-order valence-corrected chi connectivity index (χ4v) is 2.22. The Hall–Kier alpha value is -2.43. The van der Waals surface area contributed by atoms with Gasteiger partial charge >= 0.3 is 0 Å². The topological polar surface area (TPSA) is 58.1 Å². The zero-order valence-electron chi connectivity index (χ0n) is 14.0. The second kappa shape index (κ2) is 8.27. The Morgan fingerprint density at radius 2 is 2.00 bits per heavy atom. The third-order valence-electron chi connectivity index (χ3n) is 3.79. The second-order valence-electron chi connectivity index (χ2n) is 5.65. The highest BCUT2D eigenvalue weighted by molar-refractivity contribution is 5.91. The minimum Gasteiger partial charge on any atom is -0.365 e. The molecule has 0 fully saturated rings. The average Bonchev–Trinajstić information content (AvgIpc) is 2.59. The summed E-state index contributed by atoms with van der Waals surface area (Å²) in [6.07, 6.45) is 5.20. The van der Waals surface area contributed by atoms with Crippen molar-refractivity contribution in [2.45, 2.75) is 33.2 Å². The van der Waals surface area contributed by atoms with Crippen LogP contribution >= 0.6 is 0 Å². The Labute approximate surface area is 137 Å². The molecule has 1 aromatic carbocycles. The first-order valence-corrected chi connectivity index (χ1v) is 7.97. The lowest BCUT2D eigenvalue weighted by molar-refractivity contribution is 0.0787. The summed E-state index contributed by atoms with van der Waals surface area (Å²) in [5, 5.41) is 3.23. The van der Waals surface area contributed by atoms with Crippen LogP contribution in [-0.4, -0.2) is 34.4 Å². The molecular weight excluding hydrogens is 288 g/mol. The van der Waals surface area contributed by atoms with Gasteiger partial charge in [0.05, 0.1) is 12.4 Å². The number of amides is 1. The maximum atomic E-state index is 12.2. The molecule has 1 aromatic heterocycles. The van der Waals surface area contributed by atoms with Crippen LogP contribution in [0, 0.1) is 6.92 Å². The molecule has 0 saturated heterocycles. The van der Waals surface area contributed by atoms with Crippen molar-refractivity contribution in [3.05, 3.63) is 53.5 Å². The maximum absolute atomic E-state index is 12.2. The molecule has 2 rings (SSSR count). The number of aromatic nitrogens is 2. The van der Waals surface area contributed by atoms with Crippen LogP contribution in [0.4, 0.5) is 5.82 Å². The molecule has 0 spiro atoms. The van der Waals surface area contributed by atoms with Crippen LogP contribution in [0.5, 0.6) is 0 Å². The predicted octanol–water partition coefficient (Wildman–Crippen LogP) is 3.27. The van der Waals surface area contributed by atoms with E-state index in [9.17, 15) is 4.79 Å². The summed E-state index contributed by atoms with van der Waals surface area (Å²) in [7, 11) is 1.80. The lowest BCUT2D eigenvalue weighted by Crippen LogP contribution is -2.28. The molecule has 0 aliphatic rings. The Balaban J connectivity index is 1.94. The van der Waals surface area contributed by atoms with Crippen molar-refractivity contribution in [2.24, 2.45) is 0 Å². The van der Waals surface area contributed by atoms with E-state index in [2.05, 4.69) is 41.3 Å². The summed E-state index contributed by atoms with van der Waals surface area (Å²) in [5.41, 5.74) is 2.83. The zero-order valence-corrected chi connectivity index (χ0v) is 14.0. The second-order valence-corrected chi connectivity index (χ2v) is 5.65. The van der Waals surface area contributed by atoms with E-state index in [1.54, 1.807) is 18.1 Å². The molecule has 5 nitrogen and oxygen atoms in total. The van der Waals surface area contributed by atoms with Crippen molar-refractivity contribution in [2.75, 3.05) is 18.9 Å². The van der Waals surface area contributed by atoms with Gasteiger partial charge in [0.25, 0.3) is 5.91 Å². The zero-order chi connectivity index (χ0) is 16.7. The minimum absolute atomic E-state index is 0.0867. The Morgan fingerprint density at radius 3 is 2.65 bits per heavy atom. The van der Waals surface area contributed by atoms with Crippen LogP contribution in [0.2, 0.25) is 0 Å². The molecule has 0 radical (unpaired) electrons. The Kier molecular flexibility index (Phi) is 6.09. The molecule has 2 aromatic rings. The standard InChI is InChI=1S/C18H24N4O/c1-4-5-10-22(3)18(23)16-12-21-17(13-19-16)20-11-15-9-7-6-8-14(15)2/h6-9,12-13H,4-5,10-11H2,1-3H3,(H,20,21). The van der Waals surface area contributed by atoms with E-state index in [4.69, 9.17) is 0 Å². The molecule has 0 atom stereocenters. The number of hydrogen-bond donors (Lipinski definition) is 1. The molecule has 122 valence electrons. The summed E-state index contributed by atoms with van der Waals surface area (Å²) in [5.74, 6) is 0.581. The lowest BCUT2D eigenvalue weighted by atomic mass is 10.1. The SMILES string of the molecule is CCCCN(C)C(=O)c1cnc(NCc2ccccc2C)cn1. The monoisotopic (exact) mass is 312 g/mol. The van der Waals surface area contributed by atoms with Gasteiger partial charge in [0.2, 0.25) is 0 Å². The van der Waals surface area contributed by atoms with E-state index in [0.717, 1.165) is 19.4 Å². The number of carbonyl (C=O) groups excluding carboxylic acids is 1. The van der Waals surface area contributed by atoms with Crippen molar-refractivity contribution < 1.29 is 4.79 Å². The van der Waals surface area contributed by atoms with Crippen molar-refractivity contribution in [3.8, 4) is 0 Å². The highest BCUT2D eigenvalue weighted by Gasteiger charge is 2.13. The van der Waals surface area contributed by atoms with E-state index in [1.807, 2.05) is 12.1 Å². The van der Waals surface area contributed by atoms with Crippen LogP contribution in [0.1, 0.15) is 41.4 Å². The van der Waals surface area contributed by atoms with Crippen molar-refractivity contribution in [1.29, 1.82) is 0 Å². The van der Waals surface area contributed by atoms with Gasteiger partial charge in [0.15, 0.2) is 0 Å². The average molecular weight is 312 g/mol. The van der Waals surface area contributed by atoms with Crippen LogP contribution in [-0.2, 0) is 6.54 Å². The van der Waals surface area contributed by atoms with Gasteiger partial charge < -0.3 is 10.2 Å². The van der Waals surface area contributed by atoms with Crippen molar-refractivity contribution in [1.82, 2.24) is 14.9 Å². The summed E-state index contributed by atoms with van der Waals surface area (Å²) >= 11 is 0. The number of rotatable bonds is 7. The molecule has 1 heterocycles. The van der Waals surface area contributed by atoms with Gasteiger partial charge in [0, 0.05) is 20.1 Å². The van der Waals surface area contributed by atoms with Gasteiger partial charge in [0.1, 0.15) is 11.5 Å². The van der Waals surface area contributed by atoms with E-state index in [-0.39, 0.29) is 5.91 Å². The first-order valence-electron chi connectivity index (χ1n) is 7.97. The van der Waals surface area contributed by atoms with E-state index >= 15 is 0 Å². The first-order chi connectivity index (χ1) is 11.1. The van der Waals surface area contributed by atoms with Gasteiger partial charge in [-0.25, -0.2) is 9.97 Å². The van der Waals surface area contributed by atoms with Crippen LogP contribution in [0.25, 0.3) is 0 Å². The molecule has 23 heavy (non-hydrogen) atoms. The van der Waals surface area contributed by atoms with E-state index < -0.39 is 0 Å². The third kappa shape index (κ3) is 4.77. The maximum Gasteiger partial charge on any atom is 0.273 e. The van der Waals surface area contributed by atoms with Gasteiger partial charge in [-0.1, -0.05) is 37.6 Å².